The number of para-hydroxylation sites is 1. The Morgan fingerprint density at radius 2 is 1.77 bits per heavy atom. The van der Waals surface area contributed by atoms with Crippen LogP contribution in [-0.2, 0) is 0 Å². The number of benzene rings is 2. The number of ether oxygens (including phenoxy) is 1. The predicted octanol–water partition coefficient (Wildman–Crippen LogP) is 3.64. The number of nitrogen functional groups attached to an aromatic ring is 2. The fraction of sp³-hybridized carbons (Fsp3) is 0.345. The summed E-state index contributed by atoms with van der Waals surface area (Å²) in [6.07, 6.45) is 4.96. The smallest absolute Gasteiger partial charge is 0.269 e. The van der Waals surface area contributed by atoms with Gasteiger partial charge in [-0.1, -0.05) is 37.1 Å². The minimum atomic E-state index is -0.564. The Balaban J connectivity index is 1.54. The SMILES string of the molecule is C[C@H](Nc1nc(N)nc(N)c1C#N)c1nc2cccc(OCCN3CCCCCC3)c2c(=O)n1-c1ccccc1. The monoisotopic (exact) mass is 539 g/mol. The van der Waals surface area contributed by atoms with Gasteiger partial charge < -0.3 is 21.5 Å². The minimum absolute atomic E-state index is 0.0291. The zero-order valence-corrected chi connectivity index (χ0v) is 22.5. The lowest BCUT2D eigenvalue weighted by molar-refractivity contribution is 0.215. The Hall–Kier alpha value is -4.69. The molecule has 1 saturated heterocycles. The van der Waals surface area contributed by atoms with E-state index in [4.69, 9.17) is 21.2 Å². The molecule has 206 valence electrons. The average molecular weight is 540 g/mol. The first kappa shape index (κ1) is 26.9. The zero-order valence-electron chi connectivity index (χ0n) is 22.5. The van der Waals surface area contributed by atoms with Crippen molar-refractivity contribution in [3.05, 3.63) is 70.3 Å². The minimum Gasteiger partial charge on any atom is -0.491 e. The second-order valence-electron chi connectivity index (χ2n) is 9.87. The lowest BCUT2D eigenvalue weighted by Crippen LogP contribution is -2.30. The van der Waals surface area contributed by atoms with Gasteiger partial charge in [0.05, 0.1) is 17.2 Å². The molecule has 4 aromatic rings. The van der Waals surface area contributed by atoms with Crippen molar-refractivity contribution in [1.82, 2.24) is 24.4 Å². The van der Waals surface area contributed by atoms with E-state index in [1.165, 1.54) is 25.7 Å². The van der Waals surface area contributed by atoms with Gasteiger partial charge in [-0.3, -0.25) is 14.3 Å². The number of hydrogen-bond acceptors (Lipinski definition) is 10. The molecule has 0 bridgehead atoms. The highest BCUT2D eigenvalue weighted by molar-refractivity contribution is 5.84. The molecule has 1 aliphatic heterocycles. The van der Waals surface area contributed by atoms with E-state index < -0.39 is 6.04 Å². The normalized spacial score (nSPS) is 14.8. The van der Waals surface area contributed by atoms with Crippen LogP contribution in [0.1, 0.15) is 50.0 Å². The predicted molar refractivity (Wildman–Crippen MR) is 155 cm³/mol. The summed E-state index contributed by atoms with van der Waals surface area (Å²) in [5.74, 6) is 0.994. The van der Waals surface area contributed by atoms with Crippen molar-refractivity contribution < 1.29 is 4.74 Å². The van der Waals surface area contributed by atoms with E-state index in [1.807, 2.05) is 55.5 Å². The van der Waals surface area contributed by atoms with E-state index in [2.05, 4.69) is 20.2 Å². The lowest BCUT2D eigenvalue weighted by Gasteiger charge is -2.22. The van der Waals surface area contributed by atoms with Crippen molar-refractivity contribution in [2.75, 3.05) is 43.0 Å². The fourth-order valence-corrected chi connectivity index (χ4v) is 5.08. The Bertz CT molecular complexity index is 1590. The molecule has 11 heteroatoms. The van der Waals surface area contributed by atoms with Crippen LogP contribution < -0.4 is 27.1 Å². The first-order valence-corrected chi connectivity index (χ1v) is 13.5. The summed E-state index contributed by atoms with van der Waals surface area (Å²) in [7, 11) is 0. The summed E-state index contributed by atoms with van der Waals surface area (Å²) in [5.41, 5.74) is 12.6. The number of nitrogens with two attached hydrogens (primary N) is 2. The number of anilines is 3. The van der Waals surface area contributed by atoms with Crippen molar-refractivity contribution in [1.29, 1.82) is 5.26 Å². The van der Waals surface area contributed by atoms with Crippen LogP contribution in [0.25, 0.3) is 16.6 Å². The van der Waals surface area contributed by atoms with Crippen LogP contribution in [-0.4, -0.2) is 50.7 Å². The van der Waals surface area contributed by atoms with E-state index in [1.54, 1.807) is 10.6 Å². The van der Waals surface area contributed by atoms with E-state index in [0.29, 0.717) is 34.8 Å². The fourth-order valence-electron chi connectivity index (χ4n) is 5.08. The molecule has 0 radical (unpaired) electrons. The van der Waals surface area contributed by atoms with Crippen LogP contribution in [0.2, 0.25) is 0 Å². The van der Waals surface area contributed by atoms with Gasteiger partial charge in [-0.25, -0.2) is 4.98 Å². The highest BCUT2D eigenvalue weighted by atomic mass is 16.5. The molecule has 1 fully saturated rings. The molecule has 0 unspecified atom stereocenters. The third-order valence-corrected chi connectivity index (χ3v) is 7.07. The Morgan fingerprint density at radius 3 is 2.50 bits per heavy atom. The average Bonchev–Trinajstić information content (AvgIpc) is 3.22. The molecule has 2 aromatic carbocycles. The molecule has 0 spiro atoms. The number of nitriles is 1. The van der Waals surface area contributed by atoms with E-state index in [9.17, 15) is 10.1 Å². The van der Waals surface area contributed by atoms with Crippen molar-refractivity contribution in [2.24, 2.45) is 0 Å². The molecule has 40 heavy (non-hydrogen) atoms. The molecule has 5 rings (SSSR count). The van der Waals surface area contributed by atoms with Crippen LogP contribution >= 0.6 is 0 Å². The highest BCUT2D eigenvalue weighted by Gasteiger charge is 2.22. The number of likely N-dealkylation sites (tertiary alicyclic amines) is 1. The molecule has 1 atom stereocenters. The van der Waals surface area contributed by atoms with Crippen LogP contribution in [0.5, 0.6) is 5.75 Å². The zero-order chi connectivity index (χ0) is 28.1. The largest absolute Gasteiger partial charge is 0.491 e. The summed E-state index contributed by atoms with van der Waals surface area (Å²) in [6.45, 7) is 5.27. The number of nitrogens with zero attached hydrogens (tertiary/aromatic N) is 6. The molecule has 2 aromatic heterocycles. The van der Waals surface area contributed by atoms with Gasteiger partial charge in [0.2, 0.25) is 5.95 Å². The lowest BCUT2D eigenvalue weighted by atomic mass is 10.1. The number of fused-ring (bicyclic) bond motifs is 1. The van der Waals surface area contributed by atoms with E-state index in [-0.39, 0.29) is 28.7 Å². The van der Waals surface area contributed by atoms with Gasteiger partial charge in [0.25, 0.3) is 5.56 Å². The Labute approximate surface area is 232 Å². The van der Waals surface area contributed by atoms with Gasteiger partial charge in [-0.05, 0) is 57.1 Å². The van der Waals surface area contributed by atoms with Crippen molar-refractivity contribution in [3.63, 3.8) is 0 Å². The standard InChI is InChI=1S/C29H33N9O2/c1-19(33-26-21(18-30)25(31)35-29(32)36-26)27-34-22-12-9-13-23(40-17-16-37-14-7-2-3-8-15-37)24(22)28(39)38(27)20-10-5-4-6-11-20/h4-6,9-13,19H,2-3,7-8,14-17H2,1H3,(H5,31,32,33,35,36)/t19-/m0/s1. The highest BCUT2D eigenvalue weighted by Crippen LogP contribution is 2.27. The van der Waals surface area contributed by atoms with Crippen LogP contribution in [0.3, 0.4) is 0 Å². The van der Waals surface area contributed by atoms with Crippen LogP contribution in [0.15, 0.2) is 53.3 Å². The van der Waals surface area contributed by atoms with Crippen LogP contribution in [0.4, 0.5) is 17.6 Å². The Morgan fingerprint density at radius 1 is 1.02 bits per heavy atom. The van der Waals surface area contributed by atoms with Gasteiger partial charge in [-0.15, -0.1) is 0 Å². The maximum absolute atomic E-state index is 14.2. The molecular weight excluding hydrogens is 506 g/mol. The van der Waals surface area contributed by atoms with Gasteiger partial charge in [-0.2, -0.15) is 15.2 Å². The van der Waals surface area contributed by atoms with Gasteiger partial charge in [0.1, 0.15) is 41.0 Å². The summed E-state index contributed by atoms with van der Waals surface area (Å²) < 4.78 is 7.75. The first-order chi connectivity index (χ1) is 19.5. The Kier molecular flexibility index (Phi) is 8.07. The molecule has 5 N–H and O–H groups in total. The second kappa shape index (κ2) is 12.0. The third kappa shape index (κ3) is 5.67. The molecule has 0 amide bonds. The van der Waals surface area contributed by atoms with Gasteiger partial charge >= 0.3 is 0 Å². The van der Waals surface area contributed by atoms with Crippen molar-refractivity contribution >= 4 is 28.5 Å². The van der Waals surface area contributed by atoms with Crippen LogP contribution in [0, 0.1) is 11.3 Å². The van der Waals surface area contributed by atoms with E-state index in [0.717, 1.165) is 19.6 Å². The molecule has 0 aliphatic carbocycles. The molecule has 3 heterocycles. The summed E-state index contributed by atoms with van der Waals surface area (Å²) in [5, 5.41) is 13.2. The third-order valence-electron chi connectivity index (χ3n) is 7.07. The number of nitrogens with one attached hydrogen (secondary N) is 1. The van der Waals surface area contributed by atoms with Crippen molar-refractivity contribution in [3.8, 4) is 17.5 Å². The first-order valence-electron chi connectivity index (χ1n) is 13.5. The van der Waals surface area contributed by atoms with Gasteiger partial charge in [0.15, 0.2) is 5.82 Å². The maximum atomic E-state index is 14.2. The summed E-state index contributed by atoms with van der Waals surface area (Å²) >= 11 is 0. The quantitative estimate of drug-likeness (QED) is 0.301. The molecule has 1 aliphatic rings. The molecule has 11 nitrogen and oxygen atoms in total. The summed E-state index contributed by atoms with van der Waals surface area (Å²) in [4.78, 5) is 29.5. The number of aromatic nitrogens is 4. The molecule has 0 saturated carbocycles. The van der Waals surface area contributed by atoms with Gasteiger partial charge in [0, 0.05) is 6.54 Å². The maximum Gasteiger partial charge on any atom is 0.269 e. The van der Waals surface area contributed by atoms with Crippen molar-refractivity contribution in [2.45, 2.75) is 38.6 Å². The number of rotatable bonds is 8. The second-order valence-corrected chi connectivity index (χ2v) is 9.87. The van der Waals surface area contributed by atoms with E-state index >= 15 is 0 Å². The molecular formula is C29H33N9O2. The summed E-state index contributed by atoms with van der Waals surface area (Å²) in [6, 6.07) is 16.2. The number of hydrogen-bond donors (Lipinski definition) is 3. The topological polar surface area (TPSA) is 161 Å².